The predicted octanol–water partition coefficient (Wildman–Crippen LogP) is 3.90. The van der Waals surface area contributed by atoms with Crippen LogP contribution in [0.2, 0.25) is 5.02 Å². The lowest BCUT2D eigenvalue weighted by atomic mass is 10.1. The first kappa shape index (κ1) is 13.0. The minimum absolute atomic E-state index is 0.230. The highest BCUT2D eigenvalue weighted by atomic mass is 35.5. The molecule has 4 rings (SSSR count). The van der Waals surface area contributed by atoms with E-state index < -0.39 is 0 Å². The molecule has 1 aliphatic carbocycles. The third-order valence-corrected chi connectivity index (χ3v) is 5.29. The molecule has 6 heteroatoms. The molecule has 1 aliphatic rings. The summed E-state index contributed by atoms with van der Waals surface area (Å²) in [6, 6.07) is 6.33. The van der Waals surface area contributed by atoms with Crippen LogP contribution in [0.3, 0.4) is 0 Å². The van der Waals surface area contributed by atoms with Gasteiger partial charge in [-0.3, -0.25) is 0 Å². The van der Waals surface area contributed by atoms with E-state index in [1.54, 1.807) is 11.3 Å². The molecule has 0 fully saturated rings. The molecule has 0 aliphatic heterocycles. The SMILES string of the molecule is Cc1ncsc1-c1cn([C@H]2CCc3c(Cl)cccc32)nn1. The zero-order valence-corrected chi connectivity index (χ0v) is 13.0. The van der Waals surface area contributed by atoms with Gasteiger partial charge in [-0.2, -0.15) is 0 Å². The molecular weight excluding hydrogens is 304 g/mol. The standard InChI is InChI=1S/C15H13ClN4S/c1-9-15(21-8-17-9)13-7-20(19-18-13)14-6-5-10-11(14)3-2-4-12(10)16/h2-4,7-8,14H,5-6H2,1H3/t14-/m0/s1. The topological polar surface area (TPSA) is 43.6 Å². The smallest absolute Gasteiger partial charge is 0.124 e. The van der Waals surface area contributed by atoms with Crippen molar-refractivity contribution < 1.29 is 0 Å². The summed E-state index contributed by atoms with van der Waals surface area (Å²) >= 11 is 7.88. The minimum Gasteiger partial charge on any atom is -0.249 e. The van der Waals surface area contributed by atoms with Crippen LogP contribution in [-0.4, -0.2) is 20.0 Å². The lowest BCUT2D eigenvalue weighted by Gasteiger charge is -2.11. The van der Waals surface area contributed by atoms with E-state index in [-0.39, 0.29) is 6.04 Å². The molecular formula is C15H13ClN4S. The maximum absolute atomic E-state index is 6.28. The van der Waals surface area contributed by atoms with Gasteiger partial charge in [0.1, 0.15) is 5.69 Å². The van der Waals surface area contributed by atoms with Gasteiger partial charge in [0.25, 0.3) is 0 Å². The average molecular weight is 317 g/mol. The summed E-state index contributed by atoms with van der Waals surface area (Å²) in [7, 11) is 0. The Morgan fingerprint density at radius 1 is 1.38 bits per heavy atom. The summed E-state index contributed by atoms with van der Waals surface area (Å²) in [4.78, 5) is 5.36. The number of nitrogens with zero attached hydrogens (tertiary/aromatic N) is 4. The summed E-state index contributed by atoms with van der Waals surface area (Å²) in [5.41, 5.74) is 6.25. The number of aryl methyl sites for hydroxylation is 1. The molecule has 0 unspecified atom stereocenters. The first-order chi connectivity index (χ1) is 10.2. The van der Waals surface area contributed by atoms with Gasteiger partial charge >= 0.3 is 0 Å². The van der Waals surface area contributed by atoms with Gasteiger partial charge in [0.2, 0.25) is 0 Å². The van der Waals surface area contributed by atoms with Crippen molar-refractivity contribution in [2.45, 2.75) is 25.8 Å². The molecule has 2 heterocycles. The summed E-state index contributed by atoms with van der Waals surface area (Å²) < 4.78 is 1.96. The van der Waals surface area contributed by atoms with Gasteiger partial charge in [0.05, 0.1) is 28.3 Å². The van der Waals surface area contributed by atoms with Gasteiger partial charge < -0.3 is 0 Å². The van der Waals surface area contributed by atoms with Crippen molar-refractivity contribution in [1.29, 1.82) is 0 Å². The van der Waals surface area contributed by atoms with Crippen molar-refractivity contribution in [2.75, 3.05) is 0 Å². The van der Waals surface area contributed by atoms with E-state index in [4.69, 9.17) is 11.6 Å². The van der Waals surface area contributed by atoms with E-state index in [2.05, 4.69) is 21.4 Å². The largest absolute Gasteiger partial charge is 0.249 e. The van der Waals surface area contributed by atoms with Crippen LogP contribution < -0.4 is 0 Å². The van der Waals surface area contributed by atoms with Crippen molar-refractivity contribution in [3.8, 4) is 10.6 Å². The number of hydrogen-bond donors (Lipinski definition) is 0. The van der Waals surface area contributed by atoms with Crippen LogP contribution in [0.15, 0.2) is 29.9 Å². The van der Waals surface area contributed by atoms with Crippen molar-refractivity contribution in [1.82, 2.24) is 20.0 Å². The van der Waals surface area contributed by atoms with Crippen molar-refractivity contribution in [2.24, 2.45) is 0 Å². The average Bonchev–Trinajstić information content (AvgIpc) is 3.16. The highest BCUT2D eigenvalue weighted by molar-refractivity contribution is 7.13. The highest BCUT2D eigenvalue weighted by Crippen LogP contribution is 2.38. The molecule has 4 nitrogen and oxygen atoms in total. The maximum Gasteiger partial charge on any atom is 0.124 e. The Hall–Kier alpha value is -1.72. The molecule has 0 radical (unpaired) electrons. The fourth-order valence-corrected chi connectivity index (χ4v) is 3.97. The summed E-state index contributed by atoms with van der Waals surface area (Å²) in [6.45, 7) is 2.00. The van der Waals surface area contributed by atoms with Crippen LogP contribution in [0.5, 0.6) is 0 Å². The van der Waals surface area contributed by atoms with Gasteiger partial charge in [-0.1, -0.05) is 28.9 Å². The van der Waals surface area contributed by atoms with Gasteiger partial charge in [-0.05, 0) is 37.0 Å². The van der Waals surface area contributed by atoms with Gasteiger partial charge in [-0.15, -0.1) is 16.4 Å². The molecule has 2 aromatic heterocycles. The van der Waals surface area contributed by atoms with E-state index in [9.17, 15) is 0 Å². The molecule has 106 valence electrons. The maximum atomic E-state index is 6.28. The van der Waals surface area contributed by atoms with Crippen LogP contribution in [0.4, 0.5) is 0 Å². The third-order valence-electron chi connectivity index (χ3n) is 3.99. The number of aromatic nitrogens is 4. The summed E-state index contributed by atoms with van der Waals surface area (Å²) in [6.07, 6.45) is 4.03. The number of rotatable bonds is 2. The Labute approximate surface area is 131 Å². The minimum atomic E-state index is 0.230. The second-order valence-electron chi connectivity index (χ2n) is 5.21. The van der Waals surface area contributed by atoms with E-state index >= 15 is 0 Å². The molecule has 3 aromatic rings. The zero-order chi connectivity index (χ0) is 14.4. The molecule has 0 saturated carbocycles. The normalized spacial score (nSPS) is 17.1. The van der Waals surface area contributed by atoms with E-state index in [1.165, 1.54) is 11.1 Å². The quantitative estimate of drug-likeness (QED) is 0.720. The molecule has 0 saturated heterocycles. The fraction of sp³-hybridized carbons (Fsp3) is 0.267. The molecule has 0 spiro atoms. The van der Waals surface area contributed by atoms with Crippen LogP contribution in [0.25, 0.3) is 10.6 Å². The molecule has 0 N–H and O–H groups in total. The van der Waals surface area contributed by atoms with E-state index in [0.717, 1.165) is 34.1 Å². The Morgan fingerprint density at radius 3 is 3.10 bits per heavy atom. The van der Waals surface area contributed by atoms with Crippen LogP contribution in [-0.2, 0) is 6.42 Å². The fourth-order valence-electron chi connectivity index (χ4n) is 2.94. The number of benzene rings is 1. The first-order valence-electron chi connectivity index (χ1n) is 6.83. The predicted molar refractivity (Wildman–Crippen MR) is 83.8 cm³/mol. The van der Waals surface area contributed by atoms with Gasteiger partial charge in [-0.25, -0.2) is 9.67 Å². The number of fused-ring (bicyclic) bond motifs is 1. The van der Waals surface area contributed by atoms with E-state index in [1.807, 2.05) is 35.4 Å². The van der Waals surface area contributed by atoms with Gasteiger partial charge in [0.15, 0.2) is 0 Å². The monoisotopic (exact) mass is 316 g/mol. The van der Waals surface area contributed by atoms with Gasteiger partial charge in [0, 0.05) is 5.02 Å². The Bertz CT molecular complexity index is 808. The molecule has 0 bridgehead atoms. The third kappa shape index (κ3) is 2.08. The zero-order valence-electron chi connectivity index (χ0n) is 11.5. The van der Waals surface area contributed by atoms with Crippen LogP contribution >= 0.6 is 22.9 Å². The second-order valence-corrected chi connectivity index (χ2v) is 6.47. The molecule has 0 amide bonds. The molecule has 21 heavy (non-hydrogen) atoms. The lowest BCUT2D eigenvalue weighted by Crippen LogP contribution is -2.07. The first-order valence-corrected chi connectivity index (χ1v) is 8.09. The van der Waals surface area contributed by atoms with Crippen molar-refractivity contribution >= 4 is 22.9 Å². The summed E-state index contributed by atoms with van der Waals surface area (Å²) in [5, 5.41) is 9.49. The highest BCUT2D eigenvalue weighted by Gasteiger charge is 2.26. The Balaban J connectivity index is 1.73. The summed E-state index contributed by atoms with van der Waals surface area (Å²) in [5.74, 6) is 0. The Kier molecular flexibility index (Phi) is 3.05. The van der Waals surface area contributed by atoms with Crippen molar-refractivity contribution in [3.05, 3.63) is 51.7 Å². The second kappa shape index (κ2) is 4.93. The number of halogens is 1. The lowest BCUT2D eigenvalue weighted by molar-refractivity contribution is 0.504. The van der Waals surface area contributed by atoms with Crippen molar-refractivity contribution in [3.63, 3.8) is 0 Å². The Morgan fingerprint density at radius 2 is 2.29 bits per heavy atom. The van der Waals surface area contributed by atoms with Crippen LogP contribution in [0, 0.1) is 6.92 Å². The molecule has 1 aromatic carbocycles. The van der Waals surface area contributed by atoms with Crippen LogP contribution in [0.1, 0.15) is 29.3 Å². The number of thiazole rings is 1. The van der Waals surface area contributed by atoms with E-state index in [0.29, 0.717) is 0 Å². The molecule has 1 atom stereocenters. The number of hydrogen-bond acceptors (Lipinski definition) is 4.